The van der Waals surface area contributed by atoms with E-state index in [4.69, 9.17) is 16.3 Å². The average molecular weight is 421 g/mol. The minimum Gasteiger partial charge on any atom is -0.500 e. The number of nitrogens with zero attached hydrogens (tertiary/aromatic N) is 2. The Morgan fingerprint density at radius 3 is 2.57 bits per heavy atom. The minimum absolute atomic E-state index is 0.0834. The molecule has 1 N–H and O–H groups in total. The molecule has 3 rings (SSSR count). The van der Waals surface area contributed by atoms with Gasteiger partial charge in [-0.1, -0.05) is 11.6 Å². The van der Waals surface area contributed by atoms with Crippen LogP contribution in [0.3, 0.4) is 0 Å². The SMILES string of the molecule is CCOc1cc(/C=C2/SC(=O)N(c3ccc(Cl)cc3)C2=O)cc([N+](=O)[O-])c1O. The molecule has 0 spiro atoms. The van der Waals surface area contributed by atoms with Crippen LogP contribution in [0.1, 0.15) is 12.5 Å². The van der Waals surface area contributed by atoms with Gasteiger partial charge in [-0.2, -0.15) is 0 Å². The maximum absolute atomic E-state index is 12.7. The standard InChI is InChI=1S/C18H13ClN2O6S/c1-2-27-14-8-10(7-13(16(14)22)21(25)26)9-15-17(23)20(18(24)28-15)12-5-3-11(19)4-6-12/h3-9,22H,2H2,1H3/b15-9+. The van der Waals surface area contributed by atoms with E-state index in [0.717, 1.165) is 11.0 Å². The Bertz CT molecular complexity index is 1010. The number of amides is 2. The predicted octanol–water partition coefficient (Wildman–Crippen LogP) is 4.59. The van der Waals surface area contributed by atoms with Crippen molar-refractivity contribution in [2.75, 3.05) is 11.5 Å². The quantitative estimate of drug-likeness (QED) is 0.427. The number of benzene rings is 2. The normalized spacial score (nSPS) is 15.4. The van der Waals surface area contributed by atoms with Gasteiger partial charge >= 0.3 is 5.69 Å². The summed E-state index contributed by atoms with van der Waals surface area (Å²) in [5.41, 5.74) is 0.0469. The van der Waals surface area contributed by atoms with Gasteiger partial charge in [-0.25, -0.2) is 4.90 Å². The van der Waals surface area contributed by atoms with Gasteiger partial charge in [-0.3, -0.25) is 19.7 Å². The fraction of sp³-hybridized carbons (Fsp3) is 0.111. The van der Waals surface area contributed by atoms with Crippen LogP contribution in [0.4, 0.5) is 16.2 Å². The van der Waals surface area contributed by atoms with E-state index in [1.807, 2.05) is 0 Å². The maximum Gasteiger partial charge on any atom is 0.315 e. The van der Waals surface area contributed by atoms with E-state index in [9.17, 15) is 24.8 Å². The van der Waals surface area contributed by atoms with Gasteiger partial charge in [0.15, 0.2) is 5.75 Å². The molecule has 1 saturated heterocycles. The van der Waals surface area contributed by atoms with Crippen molar-refractivity contribution in [1.82, 2.24) is 0 Å². The van der Waals surface area contributed by atoms with Crippen LogP contribution in [-0.4, -0.2) is 27.8 Å². The molecule has 0 saturated carbocycles. The van der Waals surface area contributed by atoms with Crippen LogP contribution in [0.5, 0.6) is 11.5 Å². The first kappa shape index (κ1) is 19.7. The molecule has 2 aromatic carbocycles. The summed E-state index contributed by atoms with van der Waals surface area (Å²) < 4.78 is 5.22. The van der Waals surface area contributed by atoms with Crippen LogP contribution in [0.25, 0.3) is 6.08 Å². The van der Waals surface area contributed by atoms with Gasteiger partial charge in [-0.15, -0.1) is 0 Å². The lowest BCUT2D eigenvalue weighted by Gasteiger charge is -2.12. The van der Waals surface area contributed by atoms with Crippen LogP contribution in [0.15, 0.2) is 41.3 Å². The maximum atomic E-state index is 12.7. The van der Waals surface area contributed by atoms with Gasteiger partial charge < -0.3 is 9.84 Å². The zero-order valence-corrected chi connectivity index (χ0v) is 16.0. The van der Waals surface area contributed by atoms with E-state index >= 15 is 0 Å². The molecule has 10 heteroatoms. The monoisotopic (exact) mass is 420 g/mol. The molecule has 8 nitrogen and oxygen atoms in total. The summed E-state index contributed by atoms with van der Waals surface area (Å²) in [4.78, 5) is 36.5. The zero-order valence-electron chi connectivity index (χ0n) is 14.4. The number of carbonyl (C=O) groups is 2. The fourth-order valence-corrected chi connectivity index (χ4v) is 3.50. The third-order valence-corrected chi connectivity index (χ3v) is 4.87. The Balaban J connectivity index is 1.99. The summed E-state index contributed by atoms with van der Waals surface area (Å²) in [6.07, 6.45) is 1.34. The molecule has 0 radical (unpaired) electrons. The van der Waals surface area contributed by atoms with Gasteiger partial charge in [-0.05, 0) is 60.7 Å². The number of hydrogen-bond acceptors (Lipinski definition) is 7. The molecule has 1 heterocycles. The molecule has 1 aliphatic heterocycles. The number of ether oxygens (including phenoxy) is 1. The van der Waals surface area contributed by atoms with Gasteiger partial charge in [0.05, 0.1) is 22.1 Å². The van der Waals surface area contributed by atoms with E-state index in [1.54, 1.807) is 31.2 Å². The number of nitro groups is 1. The number of halogens is 1. The Kier molecular flexibility index (Phi) is 5.57. The molecule has 144 valence electrons. The van der Waals surface area contributed by atoms with Crippen molar-refractivity contribution < 1.29 is 24.4 Å². The highest BCUT2D eigenvalue weighted by molar-refractivity contribution is 8.19. The molecule has 0 aromatic heterocycles. The van der Waals surface area contributed by atoms with Crippen molar-refractivity contribution in [2.45, 2.75) is 6.92 Å². The topological polar surface area (TPSA) is 110 Å². The average Bonchev–Trinajstić information content (AvgIpc) is 2.92. The van der Waals surface area contributed by atoms with E-state index in [0.29, 0.717) is 22.5 Å². The van der Waals surface area contributed by atoms with Crippen LogP contribution in [0.2, 0.25) is 5.02 Å². The van der Waals surface area contributed by atoms with Crippen molar-refractivity contribution in [3.8, 4) is 11.5 Å². The van der Waals surface area contributed by atoms with E-state index in [2.05, 4.69) is 0 Å². The zero-order chi connectivity index (χ0) is 20.4. The summed E-state index contributed by atoms with van der Waals surface area (Å²) in [6, 6.07) is 8.67. The lowest BCUT2D eigenvalue weighted by molar-refractivity contribution is -0.386. The lowest BCUT2D eigenvalue weighted by atomic mass is 10.1. The van der Waals surface area contributed by atoms with E-state index < -0.39 is 27.5 Å². The minimum atomic E-state index is -0.755. The largest absolute Gasteiger partial charge is 0.500 e. The second-order valence-electron chi connectivity index (χ2n) is 5.57. The molecule has 1 fully saturated rings. The molecule has 0 aliphatic carbocycles. The summed E-state index contributed by atoms with van der Waals surface area (Å²) in [7, 11) is 0. The highest BCUT2D eigenvalue weighted by Crippen LogP contribution is 2.40. The first-order valence-corrected chi connectivity index (χ1v) is 9.19. The number of phenols is 1. The summed E-state index contributed by atoms with van der Waals surface area (Å²) in [5.74, 6) is -1.25. The lowest BCUT2D eigenvalue weighted by Crippen LogP contribution is -2.27. The highest BCUT2D eigenvalue weighted by Gasteiger charge is 2.36. The molecule has 2 aromatic rings. The Labute approximate surface area is 168 Å². The van der Waals surface area contributed by atoms with E-state index in [1.165, 1.54) is 12.1 Å². The fourth-order valence-electron chi connectivity index (χ4n) is 2.53. The van der Waals surface area contributed by atoms with Crippen LogP contribution in [0, 0.1) is 10.1 Å². The summed E-state index contributed by atoms with van der Waals surface area (Å²) in [6.45, 7) is 1.84. The van der Waals surface area contributed by atoms with Gasteiger partial charge in [0.25, 0.3) is 11.1 Å². The van der Waals surface area contributed by atoms with Gasteiger partial charge in [0.1, 0.15) is 0 Å². The van der Waals surface area contributed by atoms with Crippen molar-refractivity contribution in [1.29, 1.82) is 0 Å². The molecule has 1 aliphatic rings. The number of phenolic OH excluding ortho intramolecular Hbond substituents is 1. The van der Waals surface area contributed by atoms with Gasteiger partial charge in [0.2, 0.25) is 5.75 Å². The van der Waals surface area contributed by atoms with Crippen molar-refractivity contribution in [3.05, 3.63) is 62.0 Å². The number of carbonyl (C=O) groups excluding carboxylic acids is 2. The molecular formula is C18H13ClN2O6S. The first-order valence-electron chi connectivity index (χ1n) is 7.99. The number of aromatic hydroxyl groups is 1. The van der Waals surface area contributed by atoms with Crippen LogP contribution < -0.4 is 9.64 Å². The molecule has 2 amide bonds. The molecule has 0 unspecified atom stereocenters. The Morgan fingerprint density at radius 2 is 1.96 bits per heavy atom. The number of anilines is 1. The van der Waals surface area contributed by atoms with Crippen LogP contribution >= 0.6 is 23.4 Å². The van der Waals surface area contributed by atoms with E-state index in [-0.39, 0.29) is 22.8 Å². The molecule has 28 heavy (non-hydrogen) atoms. The highest BCUT2D eigenvalue weighted by atomic mass is 35.5. The number of hydrogen-bond donors (Lipinski definition) is 1. The van der Waals surface area contributed by atoms with Gasteiger partial charge in [0, 0.05) is 11.1 Å². The Morgan fingerprint density at radius 1 is 1.29 bits per heavy atom. The number of nitro benzene ring substituents is 1. The second-order valence-corrected chi connectivity index (χ2v) is 7.00. The third kappa shape index (κ3) is 3.80. The molecule has 0 atom stereocenters. The third-order valence-electron chi connectivity index (χ3n) is 3.75. The summed E-state index contributed by atoms with van der Waals surface area (Å²) in [5, 5.41) is 21.1. The second kappa shape index (κ2) is 7.91. The smallest absolute Gasteiger partial charge is 0.315 e. The summed E-state index contributed by atoms with van der Waals surface area (Å²) >= 11 is 6.53. The first-order chi connectivity index (χ1) is 13.3. The number of thioether (sulfide) groups is 1. The molecular weight excluding hydrogens is 408 g/mol. The Hall–Kier alpha value is -3.04. The van der Waals surface area contributed by atoms with Crippen molar-refractivity contribution in [2.24, 2.45) is 0 Å². The molecule has 0 bridgehead atoms. The van der Waals surface area contributed by atoms with Crippen molar-refractivity contribution >= 4 is 52.0 Å². The number of rotatable bonds is 5. The number of imide groups is 1. The predicted molar refractivity (Wildman–Crippen MR) is 106 cm³/mol. The van der Waals surface area contributed by atoms with Crippen LogP contribution in [-0.2, 0) is 4.79 Å². The van der Waals surface area contributed by atoms with Crippen molar-refractivity contribution in [3.63, 3.8) is 0 Å².